The van der Waals surface area contributed by atoms with E-state index in [-0.39, 0.29) is 22.5 Å². The molecule has 0 amide bonds. The maximum atomic E-state index is 7.22. The van der Waals surface area contributed by atoms with E-state index in [1.165, 1.54) is 89.9 Å². The van der Waals surface area contributed by atoms with Gasteiger partial charge < -0.3 is 5.73 Å². The topological polar surface area (TPSA) is 26.0 Å². The molecule has 0 unspecified atom stereocenters. The van der Waals surface area contributed by atoms with Gasteiger partial charge in [-0.25, -0.2) is 0 Å². The Kier molecular flexibility index (Phi) is 16.5. The van der Waals surface area contributed by atoms with Crippen LogP contribution in [0.5, 0.6) is 0 Å². The molecule has 0 saturated carbocycles. The number of nitrogens with two attached hydrogens (primary N) is 1. The lowest BCUT2D eigenvalue weighted by Crippen LogP contribution is -2.55. The van der Waals surface area contributed by atoms with Crippen LogP contribution in [-0.2, 0) is 0 Å². The van der Waals surface area contributed by atoms with Gasteiger partial charge in [-0.2, -0.15) is 0 Å². The van der Waals surface area contributed by atoms with Gasteiger partial charge in [0, 0.05) is 5.54 Å². The van der Waals surface area contributed by atoms with E-state index in [4.69, 9.17) is 5.73 Å². The van der Waals surface area contributed by atoms with Gasteiger partial charge in [0.1, 0.15) is 0 Å². The Morgan fingerprint density at radius 2 is 0.870 bits per heavy atom. The Morgan fingerprint density at radius 1 is 0.522 bits per heavy atom. The molecule has 0 spiro atoms. The molecule has 0 aromatic heterocycles. The third-order valence-electron chi connectivity index (χ3n) is 5.76. The predicted molar refractivity (Wildman–Crippen MR) is 113 cm³/mol. The fourth-order valence-corrected chi connectivity index (χ4v) is 4.27. The molecule has 0 aliphatic rings. The lowest BCUT2D eigenvalue weighted by Gasteiger charge is -2.50. The molecule has 0 atom stereocenters. The van der Waals surface area contributed by atoms with Gasteiger partial charge in [-0.15, -0.1) is 17.0 Å². The molecule has 0 rings (SSSR count). The summed E-state index contributed by atoms with van der Waals surface area (Å²) in [4.78, 5) is 0. The van der Waals surface area contributed by atoms with E-state index in [0.717, 1.165) is 0 Å². The number of hydrogen-bond donors (Lipinski definition) is 1. The van der Waals surface area contributed by atoms with Crippen molar-refractivity contribution >= 4 is 17.0 Å². The molecule has 142 valence electrons. The van der Waals surface area contributed by atoms with Crippen LogP contribution in [0.15, 0.2) is 0 Å². The molecule has 0 aromatic carbocycles. The Hall–Kier alpha value is 0.440. The SMILES string of the molecule is Br.CCCCC(N)(CCCC)C(CCC)(CCCC)CCCC. The number of halogens is 1. The standard InChI is InChI=1S/C21H45N.BrH/c1-6-11-16-20(15-10-5,17-12-7-2)21(22,18-13-8-3)19-14-9-4;/h6-19,22H2,1-5H3;1H. The van der Waals surface area contributed by atoms with E-state index < -0.39 is 0 Å². The first-order valence-electron chi connectivity index (χ1n) is 10.3. The van der Waals surface area contributed by atoms with Crippen LogP contribution in [-0.4, -0.2) is 5.54 Å². The summed E-state index contributed by atoms with van der Waals surface area (Å²) >= 11 is 0. The summed E-state index contributed by atoms with van der Waals surface area (Å²) in [5.74, 6) is 0. The summed E-state index contributed by atoms with van der Waals surface area (Å²) < 4.78 is 0. The molecular formula is C21H46BrN. The zero-order valence-electron chi connectivity index (χ0n) is 16.9. The maximum Gasteiger partial charge on any atom is 0.0211 e. The van der Waals surface area contributed by atoms with Gasteiger partial charge >= 0.3 is 0 Å². The highest BCUT2D eigenvalue weighted by Gasteiger charge is 2.45. The molecule has 1 nitrogen and oxygen atoms in total. The molecule has 0 fully saturated rings. The summed E-state index contributed by atoms with van der Waals surface area (Å²) in [7, 11) is 0. The molecule has 0 saturated heterocycles. The van der Waals surface area contributed by atoms with Crippen molar-refractivity contribution in [3.8, 4) is 0 Å². The summed E-state index contributed by atoms with van der Waals surface area (Å²) in [6.07, 6.45) is 18.2. The number of unbranched alkanes of at least 4 members (excludes halogenated alkanes) is 4. The monoisotopic (exact) mass is 391 g/mol. The smallest absolute Gasteiger partial charge is 0.0211 e. The highest BCUT2D eigenvalue weighted by atomic mass is 79.9. The van der Waals surface area contributed by atoms with Crippen molar-refractivity contribution in [2.75, 3.05) is 0 Å². The number of rotatable bonds is 15. The second kappa shape index (κ2) is 14.8. The predicted octanol–water partition coefficient (Wildman–Crippen LogP) is 7.81. The van der Waals surface area contributed by atoms with E-state index in [1.807, 2.05) is 0 Å². The van der Waals surface area contributed by atoms with Gasteiger partial charge in [0.25, 0.3) is 0 Å². The van der Waals surface area contributed by atoms with Crippen LogP contribution in [0.3, 0.4) is 0 Å². The van der Waals surface area contributed by atoms with Gasteiger partial charge in [0.15, 0.2) is 0 Å². The molecule has 0 aliphatic heterocycles. The second-order valence-corrected chi connectivity index (χ2v) is 7.60. The lowest BCUT2D eigenvalue weighted by atomic mass is 9.58. The largest absolute Gasteiger partial charge is 0.325 e. The first kappa shape index (κ1) is 25.7. The highest BCUT2D eigenvalue weighted by molar-refractivity contribution is 8.93. The summed E-state index contributed by atoms with van der Waals surface area (Å²) in [6, 6.07) is 0. The van der Waals surface area contributed by atoms with E-state index in [9.17, 15) is 0 Å². The summed E-state index contributed by atoms with van der Waals surface area (Å²) in [5, 5.41) is 0. The third-order valence-corrected chi connectivity index (χ3v) is 5.76. The highest BCUT2D eigenvalue weighted by Crippen LogP contribution is 2.48. The Bertz CT molecular complexity index is 236. The van der Waals surface area contributed by atoms with Crippen LogP contribution in [0.4, 0.5) is 0 Å². The van der Waals surface area contributed by atoms with Crippen molar-refractivity contribution < 1.29 is 0 Å². The molecule has 0 radical (unpaired) electrons. The van der Waals surface area contributed by atoms with Crippen molar-refractivity contribution in [2.24, 2.45) is 11.1 Å². The average molecular weight is 393 g/mol. The van der Waals surface area contributed by atoms with Gasteiger partial charge in [0.05, 0.1) is 0 Å². The minimum Gasteiger partial charge on any atom is -0.325 e. The van der Waals surface area contributed by atoms with Crippen LogP contribution in [0, 0.1) is 5.41 Å². The van der Waals surface area contributed by atoms with Crippen LogP contribution in [0.1, 0.15) is 125 Å². The summed E-state index contributed by atoms with van der Waals surface area (Å²) in [5.41, 5.74) is 7.67. The fraction of sp³-hybridized carbons (Fsp3) is 1.00. The quantitative estimate of drug-likeness (QED) is 0.302. The van der Waals surface area contributed by atoms with Crippen molar-refractivity contribution in [1.29, 1.82) is 0 Å². The van der Waals surface area contributed by atoms with Crippen molar-refractivity contribution in [2.45, 2.75) is 130 Å². The van der Waals surface area contributed by atoms with Crippen LogP contribution in [0.2, 0.25) is 0 Å². The molecule has 2 N–H and O–H groups in total. The first-order valence-corrected chi connectivity index (χ1v) is 10.3. The maximum absolute atomic E-state index is 7.22. The number of hydrogen-bond acceptors (Lipinski definition) is 1. The zero-order valence-corrected chi connectivity index (χ0v) is 18.6. The average Bonchev–Trinajstić information content (AvgIpc) is 2.53. The molecule has 0 aromatic rings. The van der Waals surface area contributed by atoms with Crippen molar-refractivity contribution in [3.63, 3.8) is 0 Å². The van der Waals surface area contributed by atoms with Crippen molar-refractivity contribution in [3.05, 3.63) is 0 Å². The third kappa shape index (κ3) is 8.38. The van der Waals surface area contributed by atoms with Gasteiger partial charge in [-0.1, -0.05) is 92.4 Å². The molecule has 0 heterocycles. The molecule has 2 heteroatoms. The Balaban J connectivity index is 0. The van der Waals surface area contributed by atoms with Crippen LogP contribution in [0.25, 0.3) is 0 Å². The first-order chi connectivity index (χ1) is 10.6. The van der Waals surface area contributed by atoms with Crippen LogP contribution < -0.4 is 5.73 Å². The summed E-state index contributed by atoms with van der Waals surface area (Å²) in [6.45, 7) is 11.6. The van der Waals surface area contributed by atoms with E-state index in [0.29, 0.717) is 5.41 Å². The van der Waals surface area contributed by atoms with E-state index in [2.05, 4.69) is 34.6 Å². The van der Waals surface area contributed by atoms with Gasteiger partial charge in [-0.05, 0) is 37.5 Å². The minimum absolute atomic E-state index is 0. The lowest BCUT2D eigenvalue weighted by molar-refractivity contribution is 0.0549. The Labute approximate surface area is 158 Å². The van der Waals surface area contributed by atoms with Gasteiger partial charge in [-0.3, -0.25) is 0 Å². The van der Waals surface area contributed by atoms with Gasteiger partial charge in [0.2, 0.25) is 0 Å². The van der Waals surface area contributed by atoms with E-state index in [1.54, 1.807) is 0 Å². The van der Waals surface area contributed by atoms with Crippen LogP contribution >= 0.6 is 17.0 Å². The molecular weight excluding hydrogens is 346 g/mol. The normalized spacial score (nSPS) is 12.3. The van der Waals surface area contributed by atoms with E-state index >= 15 is 0 Å². The Morgan fingerprint density at radius 3 is 1.17 bits per heavy atom. The molecule has 23 heavy (non-hydrogen) atoms. The zero-order chi connectivity index (χ0) is 16.9. The second-order valence-electron chi connectivity index (χ2n) is 7.60. The fourth-order valence-electron chi connectivity index (χ4n) is 4.27. The van der Waals surface area contributed by atoms with Crippen molar-refractivity contribution in [1.82, 2.24) is 0 Å². The molecule has 0 bridgehead atoms. The minimum atomic E-state index is 0. The molecule has 0 aliphatic carbocycles.